The van der Waals surface area contributed by atoms with E-state index >= 15 is 0 Å². The number of carbonyl (C=O) groups is 2. The number of halogens is 1. The van der Waals surface area contributed by atoms with E-state index in [-0.39, 0.29) is 19.3 Å². The summed E-state index contributed by atoms with van der Waals surface area (Å²) in [5.41, 5.74) is 0.762. The lowest BCUT2D eigenvalue weighted by atomic mass is 9.82. The van der Waals surface area contributed by atoms with Crippen molar-refractivity contribution in [3.8, 4) is 5.75 Å². The van der Waals surface area contributed by atoms with Gasteiger partial charge in [-0.25, -0.2) is 9.18 Å². The first kappa shape index (κ1) is 29.3. The highest BCUT2D eigenvalue weighted by molar-refractivity contribution is 5.81. The molecule has 3 aliphatic rings. The third kappa shape index (κ3) is 7.01. The number of hydrogen-bond donors (Lipinski definition) is 1. The molecule has 9 heteroatoms. The molecule has 0 aromatic heterocycles. The van der Waals surface area contributed by atoms with E-state index in [4.69, 9.17) is 18.9 Å². The van der Waals surface area contributed by atoms with Crippen LogP contribution in [0.1, 0.15) is 69.9 Å². The van der Waals surface area contributed by atoms with E-state index in [1.54, 1.807) is 4.90 Å². The monoisotopic (exact) mass is 568 g/mol. The highest BCUT2D eigenvalue weighted by atomic mass is 19.1. The molecule has 5 rings (SSSR count). The van der Waals surface area contributed by atoms with E-state index in [1.807, 2.05) is 51.1 Å². The van der Waals surface area contributed by atoms with Crippen molar-refractivity contribution in [2.24, 2.45) is 0 Å². The first-order valence-electron chi connectivity index (χ1n) is 14.6. The minimum Gasteiger partial charge on any atom is -0.489 e. The molecule has 2 heterocycles. The van der Waals surface area contributed by atoms with Crippen molar-refractivity contribution < 1.29 is 32.9 Å². The number of ether oxygens (including phenoxy) is 4. The molecule has 2 saturated heterocycles. The number of benzene rings is 2. The lowest BCUT2D eigenvalue weighted by Crippen LogP contribution is -2.66. The lowest BCUT2D eigenvalue weighted by Gasteiger charge is -2.42. The van der Waals surface area contributed by atoms with Crippen molar-refractivity contribution in [3.05, 3.63) is 65.7 Å². The Labute approximate surface area is 241 Å². The van der Waals surface area contributed by atoms with Crippen LogP contribution in [0.3, 0.4) is 0 Å². The van der Waals surface area contributed by atoms with Crippen LogP contribution in [0.2, 0.25) is 0 Å². The normalized spacial score (nSPS) is 28.4. The molecule has 1 saturated carbocycles. The summed E-state index contributed by atoms with van der Waals surface area (Å²) in [7, 11) is 0. The number of alkyl halides is 1. The molecule has 0 bridgehead atoms. The summed E-state index contributed by atoms with van der Waals surface area (Å²) in [5.74, 6) is 0.465. The molecule has 3 fully saturated rings. The first-order chi connectivity index (χ1) is 19.6. The SMILES string of the molecule is CC(C)(C)OC(=O)N1CC[C@@]2(COC(F)C(=O)N2)[C@@H]1COC1CCC(c2ccccc2OCc2ccccc2)CC1. The van der Waals surface area contributed by atoms with Crippen LogP contribution < -0.4 is 10.1 Å². The Kier molecular flexibility index (Phi) is 8.85. The second-order valence-corrected chi connectivity index (χ2v) is 12.3. The molecule has 1 aliphatic carbocycles. The summed E-state index contributed by atoms with van der Waals surface area (Å²) in [6, 6.07) is 17.9. The molecule has 2 aromatic carbocycles. The van der Waals surface area contributed by atoms with Crippen molar-refractivity contribution >= 4 is 12.0 Å². The van der Waals surface area contributed by atoms with Crippen molar-refractivity contribution in [2.45, 2.75) is 95.0 Å². The van der Waals surface area contributed by atoms with Crippen molar-refractivity contribution in [1.82, 2.24) is 10.2 Å². The average Bonchev–Trinajstić information content (AvgIpc) is 3.30. The maximum atomic E-state index is 13.9. The molecular formula is C32H41FN2O6. The van der Waals surface area contributed by atoms with Crippen LogP contribution in [0.4, 0.5) is 9.18 Å². The molecule has 2 aromatic rings. The Balaban J connectivity index is 1.20. The topological polar surface area (TPSA) is 86.3 Å². The number of rotatable bonds is 7. The Morgan fingerprint density at radius 2 is 1.78 bits per heavy atom. The first-order valence-corrected chi connectivity index (χ1v) is 14.6. The molecule has 2 amide bonds. The molecule has 1 unspecified atom stereocenters. The minimum absolute atomic E-state index is 0.0101. The standard InChI is InChI=1S/C32H41FN2O6/c1-31(2,3)41-30(37)35-18-17-32(21-40-28(33)29(36)34-32)27(35)20-38-24-15-13-23(14-16-24)25-11-7-8-12-26(25)39-19-22-9-5-4-6-10-22/h4-12,23-24,27-28H,13-21H2,1-3H3,(H,34,36)/t23?,24?,27-,28?,32+/m0/s1. The lowest BCUT2D eigenvalue weighted by molar-refractivity contribution is -0.165. The van der Waals surface area contributed by atoms with E-state index in [9.17, 15) is 14.0 Å². The zero-order valence-electron chi connectivity index (χ0n) is 24.1. The van der Waals surface area contributed by atoms with Crippen molar-refractivity contribution in [1.29, 1.82) is 0 Å². The number of hydrogen-bond acceptors (Lipinski definition) is 6. The number of nitrogens with zero attached hydrogens (tertiary/aromatic N) is 1. The van der Waals surface area contributed by atoms with Gasteiger partial charge in [0.1, 0.15) is 18.0 Å². The maximum Gasteiger partial charge on any atom is 0.410 e. The smallest absolute Gasteiger partial charge is 0.410 e. The van der Waals surface area contributed by atoms with Gasteiger partial charge in [-0.05, 0) is 76.0 Å². The second-order valence-electron chi connectivity index (χ2n) is 12.3. The predicted molar refractivity (Wildman–Crippen MR) is 151 cm³/mol. The van der Waals surface area contributed by atoms with Crippen LogP contribution in [0.5, 0.6) is 5.75 Å². The molecular weight excluding hydrogens is 527 g/mol. The third-order valence-corrected chi connectivity index (χ3v) is 8.27. The zero-order valence-corrected chi connectivity index (χ0v) is 24.1. The number of amides is 2. The second kappa shape index (κ2) is 12.4. The molecule has 1 spiro atoms. The van der Waals surface area contributed by atoms with E-state index in [0.717, 1.165) is 37.0 Å². The Morgan fingerprint density at radius 1 is 1.07 bits per heavy atom. The van der Waals surface area contributed by atoms with E-state index < -0.39 is 35.5 Å². The zero-order chi connectivity index (χ0) is 29.0. The predicted octanol–water partition coefficient (Wildman–Crippen LogP) is 5.50. The summed E-state index contributed by atoms with van der Waals surface area (Å²) >= 11 is 0. The summed E-state index contributed by atoms with van der Waals surface area (Å²) in [5, 5.41) is 2.80. The fraction of sp³-hybridized carbons (Fsp3) is 0.562. The van der Waals surface area contributed by atoms with Crippen LogP contribution >= 0.6 is 0 Å². The van der Waals surface area contributed by atoms with Crippen LogP contribution in [0.25, 0.3) is 0 Å². The Bertz CT molecular complexity index is 1200. The number of para-hydroxylation sites is 1. The number of nitrogens with one attached hydrogen (secondary N) is 1. The molecule has 3 atom stereocenters. The fourth-order valence-corrected chi connectivity index (χ4v) is 6.13. The van der Waals surface area contributed by atoms with Crippen LogP contribution in [0, 0.1) is 0 Å². The molecule has 41 heavy (non-hydrogen) atoms. The highest BCUT2D eigenvalue weighted by Gasteiger charge is 2.54. The van der Waals surface area contributed by atoms with Crippen molar-refractivity contribution in [2.75, 3.05) is 19.8 Å². The largest absolute Gasteiger partial charge is 0.489 e. The fourth-order valence-electron chi connectivity index (χ4n) is 6.13. The minimum atomic E-state index is -2.01. The van der Waals surface area contributed by atoms with Gasteiger partial charge in [0.25, 0.3) is 12.3 Å². The van der Waals surface area contributed by atoms with Gasteiger partial charge in [-0.1, -0.05) is 48.5 Å². The molecule has 0 radical (unpaired) electrons. The van der Waals surface area contributed by atoms with Gasteiger partial charge in [0.2, 0.25) is 0 Å². The van der Waals surface area contributed by atoms with E-state index in [2.05, 4.69) is 29.6 Å². The van der Waals surface area contributed by atoms with Gasteiger partial charge >= 0.3 is 6.09 Å². The van der Waals surface area contributed by atoms with Gasteiger partial charge in [-0.15, -0.1) is 0 Å². The number of carbonyl (C=O) groups excluding carboxylic acids is 2. The summed E-state index contributed by atoms with van der Waals surface area (Å²) < 4.78 is 37.3. The van der Waals surface area contributed by atoms with Gasteiger partial charge < -0.3 is 29.2 Å². The van der Waals surface area contributed by atoms with Crippen LogP contribution in [0.15, 0.2) is 54.6 Å². The van der Waals surface area contributed by atoms with Crippen LogP contribution in [-0.4, -0.2) is 66.3 Å². The Morgan fingerprint density at radius 3 is 2.49 bits per heavy atom. The van der Waals surface area contributed by atoms with E-state index in [0.29, 0.717) is 25.5 Å². The number of likely N-dealkylation sites (tertiary alicyclic amines) is 1. The van der Waals surface area contributed by atoms with E-state index in [1.165, 1.54) is 5.56 Å². The molecule has 8 nitrogen and oxygen atoms in total. The van der Waals surface area contributed by atoms with Gasteiger partial charge in [0.05, 0.1) is 30.9 Å². The van der Waals surface area contributed by atoms with Crippen molar-refractivity contribution in [3.63, 3.8) is 0 Å². The van der Waals surface area contributed by atoms with Gasteiger partial charge in [0.15, 0.2) is 0 Å². The molecule has 2 aliphatic heterocycles. The molecule has 222 valence electrons. The summed E-state index contributed by atoms with van der Waals surface area (Å²) in [6.07, 6.45) is 1.58. The molecule has 1 N–H and O–H groups in total. The highest BCUT2D eigenvalue weighted by Crippen LogP contribution is 2.40. The maximum absolute atomic E-state index is 13.9. The van der Waals surface area contributed by atoms with Crippen LogP contribution in [-0.2, 0) is 25.6 Å². The Hall–Kier alpha value is -3.17. The van der Waals surface area contributed by atoms with Gasteiger partial charge in [-0.2, -0.15) is 0 Å². The van der Waals surface area contributed by atoms with Gasteiger partial charge in [0, 0.05) is 6.54 Å². The summed E-state index contributed by atoms with van der Waals surface area (Å²) in [4.78, 5) is 26.9. The van der Waals surface area contributed by atoms with Gasteiger partial charge in [-0.3, -0.25) is 4.79 Å². The average molecular weight is 569 g/mol. The quantitative estimate of drug-likeness (QED) is 0.475. The third-order valence-electron chi connectivity index (χ3n) is 8.27. The number of morpholine rings is 1. The summed E-state index contributed by atoms with van der Waals surface area (Å²) in [6.45, 7) is 6.49.